The molecule has 2 saturated heterocycles. The maximum atomic E-state index is 12.8. The summed E-state index contributed by atoms with van der Waals surface area (Å²) in [5.41, 5.74) is 0. The van der Waals surface area contributed by atoms with Crippen molar-refractivity contribution >= 4 is 50.9 Å². The lowest BCUT2D eigenvalue weighted by molar-refractivity contribution is -0.144. The highest BCUT2D eigenvalue weighted by molar-refractivity contribution is 7.92. The fourth-order valence-electron chi connectivity index (χ4n) is 3.72. The number of aliphatic hydroxyl groups excluding tert-OH is 1. The molecule has 2 fully saturated rings. The van der Waals surface area contributed by atoms with Crippen LogP contribution in [0.15, 0.2) is 17.5 Å². The van der Waals surface area contributed by atoms with Gasteiger partial charge in [0.2, 0.25) is 21.8 Å². The first kappa shape index (κ1) is 23.2. The Morgan fingerprint density at radius 1 is 1.30 bits per heavy atom. The van der Waals surface area contributed by atoms with Crippen LogP contribution in [0.2, 0.25) is 4.34 Å². The molecule has 2 aliphatic heterocycles. The van der Waals surface area contributed by atoms with Gasteiger partial charge in [-0.2, -0.15) is 4.72 Å². The number of halogens is 1. The zero-order valence-corrected chi connectivity index (χ0v) is 18.9. The summed E-state index contributed by atoms with van der Waals surface area (Å²) in [5.74, 6) is -0.481. The zero-order valence-electron chi connectivity index (χ0n) is 16.5. The average molecular weight is 476 g/mol. The summed E-state index contributed by atoms with van der Waals surface area (Å²) in [6.45, 7) is 1.50. The van der Waals surface area contributed by atoms with Crippen LogP contribution < -0.4 is 4.72 Å². The number of likely N-dealkylation sites (tertiary alicyclic amines) is 2. The second-order valence-electron chi connectivity index (χ2n) is 7.59. The van der Waals surface area contributed by atoms with E-state index < -0.39 is 16.1 Å². The number of thiophene rings is 1. The molecule has 0 saturated carbocycles. The predicted molar refractivity (Wildman–Crippen MR) is 116 cm³/mol. The number of rotatable bonds is 7. The van der Waals surface area contributed by atoms with Gasteiger partial charge in [-0.05, 0) is 49.8 Å². The SMILES string of the molecule is O=C(CN1CCC[C@H](NS(=O)(=O)/C=C/c2ccc(Cl)s2)C1=O)N1CCCC(CO)C1. The van der Waals surface area contributed by atoms with Gasteiger partial charge in [0.15, 0.2) is 0 Å². The number of carbonyl (C=O) groups is 2. The lowest BCUT2D eigenvalue weighted by Gasteiger charge is -2.36. The van der Waals surface area contributed by atoms with Gasteiger partial charge in [0.1, 0.15) is 6.04 Å². The molecule has 2 N–H and O–H groups in total. The molecule has 0 radical (unpaired) electrons. The molecule has 3 rings (SSSR count). The van der Waals surface area contributed by atoms with Crippen LogP contribution in [0.1, 0.15) is 30.6 Å². The van der Waals surface area contributed by atoms with Crippen LogP contribution in [0, 0.1) is 5.92 Å². The van der Waals surface area contributed by atoms with E-state index in [0.29, 0.717) is 41.7 Å². The number of sulfonamides is 1. The minimum Gasteiger partial charge on any atom is -0.396 e. The summed E-state index contributed by atoms with van der Waals surface area (Å²) in [4.78, 5) is 29.2. The van der Waals surface area contributed by atoms with Crippen LogP contribution in [0.4, 0.5) is 0 Å². The molecule has 166 valence electrons. The number of aliphatic hydroxyl groups is 1. The van der Waals surface area contributed by atoms with Crippen molar-refractivity contribution in [2.75, 3.05) is 32.8 Å². The van der Waals surface area contributed by atoms with Crippen molar-refractivity contribution in [3.05, 3.63) is 26.8 Å². The Morgan fingerprint density at radius 3 is 2.77 bits per heavy atom. The molecule has 0 aromatic carbocycles. The van der Waals surface area contributed by atoms with Crippen molar-refractivity contribution < 1.29 is 23.1 Å². The summed E-state index contributed by atoms with van der Waals surface area (Å²) in [6.07, 6.45) is 4.14. The normalized spacial score (nSPS) is 23.3. The molecule has 2 atom stereocenters. The van der Waals surface area contributed by atoms with E-state index in [-0.39, 0.29) is 30.9 Å². The Bertz CT molecular complexity index is 902. The molecular weight excluding hydrogens is 450 g/mol. The fourth-order valence-corrected chi connectivity index (χ4v) is 5.79. The monoisotopic (exact) mass is 475 g/mol. The van der Waals surface area contributed by atoms with Crippen molar-refractivity contribution in [3.8, 4) is 0 Å². The Labute approximate surface area is 185 Å². The van der Waals surface area contributed by atoms with Gasteiger partial charge in [-0.1, -0.05) is 11.6 Å². The van der Waals surface area contributed by atoms with E-state index in [4.69, 9.17) is 11.6 Å². The number of nitrogens with zero attached hydrogens (tertiary/aromatic N) is 2. The molecule has 2 amide bonds. The first-order valence-electron chi connectivity index (χ1n) is 9.90. The molecule has 11 heteroatoms. The lowest BCUT2D eigenvalue weighted by atomic mass is 9.99. The molecule has 2 aliphatic rings. The summed E-state index contributed by atoms with van der Waals surface area (Å²) in [5, 5.41) is 10.4. The van der Waals surface area contributed by atoms with Gasteiger partial charge in [-0.25, -0.2) is 8.42 Å². The number of carbonyl (C=O) groups excluding carboxylic acids is 2. The van der Waals surface area contributed by atoms with E-state index in [1.54, 1.807) is 17.0 Å². The van der Waals surface area contributed by atoms with Crippen LogP contribution in [0.5, 0.6) is 0 Å². The van der Waals surface area contributed by atoms with Crippen LogP contribution in [-0.4, -0.2) is 74.0 Å². The number of hydrogen-bond acceptors (Lipinski definition) is 6. The van der Waals surface area contributed by atoms with E-state index in [2.05, 4.69) is 4.72 Å². The van der Waals surface area contributed by atoms with Gasteiger partial charge in [-0.3, -0.25) is 9.59 Å². The zero-order chi connectivity index (χ0) is 21.7. The van der Waals surface area contributed by atoms with Crippen LogP contribution in [0.3, 0.4) is 0 Å². The first-order chi connectivity index (χ1) is 14.3. The van der Waals surface area contributed by atoms with Gasteiger partial charge in [0.05, 0.1) is 10.9 Å². The molecule has 3 heterocycles. The number of hydrogen-bond donors (Lipinski definition) is 2. The van der Waals surface area contributed by atoms with E-state index in [1.165, 1.54) is 22.3 Å². The molecule has 0 bridgehead atoms. The molecule has 1 unspecified atom stereocenters. The topological polar surface area (TPSA) is 107 Å². The molecule has 30 heavy (non-hydrogen) atoms. The minimum absolute atomic E-state index is 0.0431. The summed E-state index contributed by atoms with van der Waals surface area (Å²) < 4.78 is 27.7. The maximum absolute atomic E-state index is 12.8. The van der Waals surface area contributed by atoms with E-state index >= 15 is 0 Å². The van der Waals surface area contributed by atoms with E-state index in [9.17, 15) is 23.1 Å². The quantitative estimate of drug-likeness (QED) is 0.621. The third-order valence-corrected chi connectivity index (χ3v) is 7.60. The molecule has 0 spiro atoms. The van der Waals surface area contributed by atoms with Crippen molar-refractivity contribution in [1.82, 2.24) is 14.5 Å². The third-order valence-electron chi connectivity index (χ3n) is 5.30. The van der Waals surface area contributed by atoms with Gasteiger partial charge in [0.25, 0.3) is 0 Å². The van der Waals surface area contributed by atoms with Gasteiger partial charge < -0.3 is 14.9 Å². The van der Waals surface area contributed by atoms with Crippen molar-refractivity contribution in [3.63, 3.8) is 0 Å². The average Bonchev–Trinajstić information content (AvgIpc) is 3.15. The fraction of sp³-hybridized carbons (Fsp3) is 0.579. The molecule has 8 nitrogen and oxygen atoms in total. The largest absolute Gasteiger partial charge is 0.396 e. The van der Waals surface area contributed by atoms with Crippen LogP contribution in [0.25, 0.3) is 6.08 Å². The lowest BCUT2D eigenvalue weighted by Crippen LogP contribution is -2.55. The maximum Gasteiger partial charge on any atom is 0.242 e. The molecule has 1 aromatic heterocycles. The summed E-state index contributed by atoms with van der Waals surface area (Å²) >= 11 is 7.09. The van der Waals surface area contributed by atoms with Gasteiger partial charge in [0, 0.05) is 36.5 Å². The summed E-state index contributed by atoms with van der Waals surface area (Å²) in [7, 11) is -3.82. The first-order valence-corrected chi connectivity index (χ1v) is 12.6. The number of piperidine rings is 2. The standard InChI is InChI=1S/C19H26ClN3O5S2/c20-17-6-5-15(29-17)7-10-30(27,28)21-16-4-2-9-23(19(16)26)12-18(25)22-8-1-3-14(11-22)13-24/h5-7,10,14,16,21,24H,1-4,8-9,11-13H2/b10-7+/t14?,16-/m0/s1. The Hall–Kier alpha value is -1.46. The molecular formula is C19H26ClN3O5S2. The van der Waals surface area contributed by atoms with Gasteiger partial charge in [-0.15, -0.1) is 11.3 Å². The predicted octanol–water partition coefficient (Wildman–Crippen LogP) is 1.51. The smallest absolute Gasteiger partial charge is 0.242 e. The second-order valence-corrected chi connectivity index (χ2v) is 10.9. The molecule has 1 aromatic rings. The highest BCUT2D eigenvalue weighted by Crippen LogP contribution is 2.23. The van der Waals surface area contributed by atoms with E-state index in [1.807, 2.05) is 0 Å². The van der Waals surface area contributed by atoms with Crippen LogP contribution >= 0.6 is 22.9 Å². The Morgan fingerprint density at radius 2 is 2.07 bits per heavy atom. The van der Waals surface area contributed by atoms with Gasteiger partial charge >= 0.3 is 0 Å². The highest BCUT2D eigenvalue weighted by Gasteiger charge is 2.33. The van der Waals surface area contributed by atoms with Crippen molar-refractivity contribution in [2.24, 2.45) is 5.92 Å². The number of amides is 2. The molecule has 0 aliphatic carbocycles. The minimum atomic E-state index is -3.82. The van der Waals surface area contributed by atoms with Crippen molar-refractivity contribution in [2.45, 2.75) is 31.7 Å². The number of nitrogens with one attached hydrogen (secondary N) is 1. The van der Waals surface area contributed by atoms with Crippen molar-refractivity contribution in [1.29, 1.82) is 0 Å². The third kappa shape index (κ3) is 6.27. The van der Waals surface area contributed by atoms with E-state index in [0.717, 1.165) is 18.2 Å². The van der Waals surface area contributed by atoms with Crippen LogP contribution in [-0.2, 0) is 19.6 Å². The Kier molecular flexibility index (Phi) is 7.92. The Balaban J connectivity index is 1.57. The summed E-state index contributed by atoms with van der Waals surface area (Å²) in [6, 6.07) is 2.50. The highest BCUT2D eigenvalue weighted by atomic mass is 35.5. The second kappa shape index (κ2) is 10.2.